The molecule has 0 saturated heterocycles. The Kier molecular flexibility index (Phi) is 5.41. The van der Waals surface area contributed by atoms with Crippen molar-refractivity contribution in [3.8, 4) is 16.3 Å². The fourth-order valence-corrected chi connectivity index (χ4v) is 5.84. The van der Waals surface area contributed by atoms with Crippen molar-refractivity contribution in [2.75, 3.05) is 5.32 Å². The lowest BCUT2D eigenvalue weighted by Gasteiger charge is -2.18. The molecule has 3 aromatic heterocycles. The molecule has 0 fully saturated rings. The highest BCUT2D eigenvalue weighted by Crippen LogP contribution is 2.40. The van der Waals surface area contributed by atoms with Crippen LogP contribution in [0.25, 0.3) is 32.4 Å². The SMILES string of the molecule is Oc1ccc(Nc2nnc(-c3ccc(C(c4c[nH]c5ccccc45)c4c[nH]c5ccccc45)cc3)s2)cc1. The summed E-state index contributed by atoms with van der Waals surface area (Å²) in [5, 5.41) is 25.4. The third-order valence-electron chi connectivity index (χ3n) is 6.90. The molecular formula is C31H23N5OS. The maximum atomic E-state index is 9.51. The molecule has 4 N–H and O–H groups in total. The molecule has 0 bridgehead atoms. The van der Waals surface area contributed by atoms with Crippen molar-refractivity contribution < 1.29 is 5.11 Å². The van der Waals surface area contributed by atoms with Crippen molar-refractivity contribution in [2.45, 2.75) is 5.92 Å². The van der Waals surface area contributed by atoms with Gasteiger partial charge in [0.1, 0.15) is 10.8 Å². The summed E-state index contributed by atoms with van der Waals surface area (Å²) >= 11 is 1.49. The minimum absolute atomic E-state index is 0.0532. The first-order valence-corrected chi connectivity index (χ1v) is 13.2. The summed E-state index contributed by atoms with van der Waals surface area (Å²) in [5.41, 5.74) is 7.82. The largest absolute Gasteiger partial charge is 0.508 e. The van der Waals surface area contributed by atoms with Gasteiger partial charge in [-0.1, -0.05) is 72.0 Å². The van der Waals surface area contributed by atoms with Crippen LogP contribution in [0.5, 0.6) is 5.75 Å². The average Bonchev–Trinajstić information content (AvgIpc) is 3.70. The number of nitrogens with one attached hydrogen (secondary N) is 3. The van der Waals surface area contributed by atoms with Crippen molar-refractivity contribution in [3.63, 3.8) is 0 Å². The number of rotatable bonds is 6. The Morgan fingerprint density at radius 2 is 1.29 bits per heavy atom. The third kappa shape index (κ3) is 3.99. The van der Waals surface area contributed by atoms with E-state index in [4.69, 9.17) is 0 Å². The Balaban J connectivity index is 1.26. The minimum atomic E-state index is 0.0532. The van der Waals surface area contributed by atoms with Gasteiger partial charge in [0.15, 0.2) is 0 Å². The molecule has 7 aromatic rings. The highest BCUT2D eigenvalue weighted by atomic mass is 32.1. The standard InChI is InChI=1S/C31H23N5OS/c37-22-15-13-21(14-16-22)34-31-36-35-30(38-31)20-11-9-19(10-12-20)29(25-17-32-27-7-3-1-5-23(25)27)26-18-33-28-8-4-2-6-24(26)28/h1-18,29,32-33,37H,(H,34,36). The maximum Gasteiger partial charge on any atom is 0.210 e. The number of nitrogens with zero attached hydrogens (tertiary/aromatic N) is 2. The van der Waals surface area contributed by atoms with Gasteiger partial charge in [-0.05, 0) is 53.1 Å². The Bertz CT molecular complexity index is 1790. The lowest BCUT2D eigenvalue weighted by Crippen LogP contribution is -2.02. The fourth-order valence-electron chi connectivity index (χ4n) is 5.07. The molecule has 7 heteroatoms. The molecule has 0 spiro atoms. The number of fused-ring (bicyclic) bond motifs is 2. The molecule has 4 aromatic carbocycles. The molecule has 3 heterocycles. The van der Waals surface area contributed by atoms with Crippen molar-refractivity contribution >= 4 is 44.0 Å². The first-order valence-electron chi connectivity index (χ1n) is 12.3. The van der Waals surface area contributed by atoms with E-state index in [2.05, 4.69) is 111 Å². The predicted molar refractivity (Wildman–Crippen MR) is 154 cm³/mol. The zero-order valence-corrected chi connectivity index (χ0v) is 21.0. The molecule has 0 atom stereocenters. The molecule has 0 aliphatic carbocycles. The van der Waals surface area contributed by atoms with E-state index in [1.165, 1.54) is 38.8 Å². The van der Waals surface area contributed by atoms with Crippen LogP contribution < -0.4 is 5.32 Å². The van der Waals surface area contributed by atoms with Crippen LogP contribution in [-0.2, 0) is 0 Å². The van der Waals surface area contributed by atoms with E-state index in [1.807, 2.05) is 0 Å². The van der Waals surface area contributed by atoms with Crippen LogP contribution >= 0.6 is 11.3 Å². The van der Waals surface area contributed by atoms with E-state index in [-0.39, 0.29) is 11.7 Å². The summed E-state index contributed by atoms with van der Waals surface area (Å²) < 4.78 is 0. The molecule has 0 aliphatic heterocycles. The molecule has 0 saturated carbocycles. The molecule has 184 valence electrons. The predicted octanol–water partition coefficient (Wildman–Crippen LogP) is 7.80. The molecule has 0 unspecified atom stereocenters. The maximum absolute atomic E-state index is 9.51. The first kappa shape index (κ1) is 22.3. The Morgan fingerprint density at radius 1 is 0.684 bits per heavy atom. The van der Waals surface area contributed by atoms with Gasteiger partial charge in [-0.25, -0.2) is 0 Å². The van der Waals surface area contributed by atoms with Crippen LogP contribution in [0.1, 0.15) is 22.6 Å². The number of benzene rings is 4. The molecule has 7 rings (SSSR count). The number of phenolic OH excluding ortho intramolecular Hbond substituents is 1. The van der Waals surface area contributed by atoms with Crippen molar-refractivity contribution in [3.05, 3.63) is 126 Å². The molecule has 0 aliphatic rings. The number of para-hydroxylation sites is 2. The average molecular weight is 514 g/mol. The van der Waals surface area contributed by atoms with E-state index >= 15 is 0 Å². The smallest absolute Gasteiger partial charge is 0.210 e. The number of phenols is 1. The molecule has 0 radical (unpaired) electrons. The van der Waals surface area contributed by atoms with Crippen LogP contribution in [0.4, 0.5) is 10.8 Å². The summed E-state index contributed by atoms with van der Waals surface area (Å²) in [7, 11) is 0. The summed E-state index contributed by atoms with van der Waals surface area (Å²) in [4.78, 5) is 6.93. The second-order valence-corrected chi connectivity index (χ2v) is 10.2. The van der Waals surface area contributed by atoms with Crippen LogP contribution in [0.3, 0.4) is 0 Å². The molecule has 6 nitrogen and oxygen atoms in total. The van der Waals surface area contributed by atoms with Crippen LogP contribution in [0.15, 0.2) is 109 Å². The van der Waals surface area contributed by atoms with Crippen LogP contribution in [-0.4, -0.2) is 25.3 Å². The number of H-pyrrole nitrogens is 2. The number of anilines is 2. The topological polar surface area (TPSA) is 89.6 Å². The van der Waals surface area contributed by atoms with Gasteiger partial charge in [0.2, 0.25) is 5.13 Å². The first-order chi connectivity index (χ1) is 18.7. The Labute approximate surface area is 222 Å². The highest BCUT2D eigenvalue weighted by molar-refractivity contribution is 7.18. The zero-order chi connectivity index (χ0) is 25.5. The molecule has 0 amide bonds. The van der Waals surface area contributed by atoms with Crippen LogP contribution in [0.2, 0.25) is 0 Å². The quantitative estimate of drug-likeness (QED) is 0.171. The lowest BCUT2D eigenvalue weighted by molar-refractivity contribution is 0.475. The fraction of sp³-hybridized carbons (Fsp3) is 0.0323. The summed E-state index contributed by atoms with van der Waals surface area (Å²) in [6, 6.07) is 32.4. The summed E-state index contributed by atoms with van der Waals surface area (Å²) in [6.07, 6.45) is 4.27. The van der Waals surface area contributed by atoms with E-state index in [0.717, 1.165) is 27.3 Å². The van der Waals surface area contributed by atoms with E-state index < -0.39 is 0 Å². The van der Waals surface area contributed by atoms with E-state index in [0.29, 0.717) is 5.13 Å². The van der Waals surface area contributed by atoms with Crippen LogP contribution in [0, 0.1) is 0 Å². The van der Waals surface area contributed by atoms with E-state index in [9.17, 15) is 5.11 Å². The summed E-state index contributed by atoms with van der Waals surface area (Å²) in [6.45, 7) is 0. The minimum Gasteiger partial charge on any atom is -0.508 e. The number of aromatic hydroxyl groups is 1. The van der Waals surface area contributed by atoms with Gasteiger partial charge in [0.25, 0.3) is 0 Å². The van der Waals surface area contributed by atoms with E-state index in [1.54, 1.807) is 24.3 Å². The normalized spacial score (nSPS) is 11.5. The lowest BCUT2D eigenvalue weighted by atomic mass is 9.84. The number of hydrogen-bond acceptors (Lipinski definition) is 5. The molecular weight excluding hydrogens is 490 g/mol. The van der Waals surface area contributed by atoms with Gasteiger partial charge in [-0.3, -0.25) is 0 Å². The van der Waals surface area contributed by atoms with Gasteiger partial charge in [-0.15, -0.1) is 10.2 Å². The summed E-state index contributed by atoms with van der Waals surface area (Å²) in [5.74, 6) is 0.282. The molecule has 38 heavy (non-hydrogen) atoms. The second-order valence-electron chi connectivity index (χ2n) is 9.22. The number of hydrogen-bond donors (Lipinski definition) is 4. The Hall–Kier alpha value is -4.88. The second kappa shape index (κ2) is 9.21. The number of aromatic amines is 2. The third-order valence-corrected chi connectivity index (χ3v) is 7.79. The van der Waals surface area contributed by atoms with Gasteiger partial charge < -0.3 is 20.4 Å². The van der Waals surface area contributed by atoms with Crippen molar-refractivity contribution in [1.82, 2.24) is 20.2 Å². The van der Waals surface area contributed by atoms with Crippen molar-refractivity contribution in [2.24, 2.45) is 0 Å². The van der Waals surface area contributed by atoms with Crippen molar-refractivity contribution in [1.29, 1.82) is 0 Å². The highest BCUT2D eigenvalue weighted by Gasteiger charge is 2.23. The zero-order valence-electron chi connectivity index (χ0n) is 20.2. The van der Waals surface area contributed by atoms with Gasteiger partial charge in [-0.2, -0.15) is 0 Å². The Morgan fingerprint density at radius 3 is 1.92 bits per heavy atom. The van der Waals surface area contributed by atoms with Gasteiger partial charge >= 0.3 is 0 Å². The number of aromatic nitrogens is 4. The van der Waals surface area contributed by atoms with Gasteiger partial charge in [0, 0.05) is 51.4 Å². The monoisotopic (exact) mass is 513 g/mol. The van der Waals surface area contributed by atoms with Gasteiger partial charge in [0.05, 0.1) is 0 Å².